The quantitative estimate of drug-likeness (QED) is 0.645. The van der Waals surface area contributed by atoms with Gasteiger partial charge in [-0.05, 0) is 32.3 Å². The molecule has 0 spiro atoms. The molecule has 0 radical (unpaired) electrons. The molecular weight excluding hydrogens is 308 g/mol. The number of likely N-dealkylation sites (tertiary alicyclic amines) is 1. The number of hydroxylamine groups is 1. The first kappa shape index (κ1) is 16.9. The van der Waals surface area contributed by atoms with E-state index < -0.39 is 16.7 Å². The normalized spacial score (nSPS) is 30.0. The highest BCUT2D eigenvalue weighted by Gasteiger charge is 2.50. The maximum Gasteiger partial charge on any atom is 0.253 e. The van der Waals surface area contributed by atoms with Gasteiger partial charge in [0.2, 0.25) is 5.91 Å². The van der Waals surface area contributed by atoms with E-state index in [1.165, 1.54) is 0 Å². The molecule has 0 saturated carbocycles. The number of carbonyl (C=O) groups excluding carboxylic acids is 2. The number of rotatable bonds is 4. The number of benzene rings is 1. The molecule has 2 N–H and O–H groups in total. The lowest BCUT2D eigenvalue weighted by Gasteiger charge is -2.31. The molecule has 24 heavy (non-hydrogen) atoms. The van der Waals surface area contributed by atoms with Crippen LogP contribution in [0.1, 0.15) is 30.9 Å². The Kier molecular flexibility index (Phi) is 4.36. The van der Waals surface area contributed by atoms with Crippen molar-refractivity contribution >= 4 is 11.8 Å². The molecule has 2 atom stereocenters. The van der Waals surface area contributed by atoms with Crippen LogP contribution in [0.5, 0.6) is 0 Å². The molecule has 0 aliphatic carbocycles. The van der Waals surface area contributed by atoms with Crippen molar-refractivity contribution in [2.24, 2.45) is 5.41 Å². The molecule has 3 rings (SSSR count). The molecule has 0 bridgehead atoms. The predicted molar refractivity (Wildman–Crippen MR) is 87.5 cm³/mol. The molecule has 6 heteroatoms. The van der Waals surface area contributed by atoms with Crippen LogP contribution in [0.4, 0.5) is 0 Å². The zero-order valence-corrected chi connectivity index (χ0v) is 14.2. The Morgan fingerprint density at radius 3 is 2.62 bits per heavy atom. The summed E-state index contributed by atoms with van der Waals surface area (Å²) in [6.45, 7) is 5.55. The summed E-state index contributed by atoms with van der Waals surface area (Å²) in [7, 11) is 0. The number of hydrogen-bond acceptors (Lipinski definition) is 4. The second kappa shape index (κ2) is 6.18. The van der Waals surface area contributed by atoms with Crippen molar-refractivity contribution in [2.75, 3.05) is 26.3 Å². The van der Waals surface area contributed by atoms with E-state index in [1.807, 2.05) is 38.1 Å². The van der Waals surface area contributed by atoms with Crippen LogP contribution in [0.3, 0.4) is 0 Å². The van der Waals surface area contributed by atoms with Crippen molar-refractivity contribution in [1.29, 1.82) is 0 Å². The average molecular weight is 332 g/mol. The van der Waals surface area contributed by atoms with Gasteiger partial charge in [-0.3, -0.25) is 14.8 Å². The van der Waals surface area contributed by atoms with Crippen molar-refractivity contribution in [3.8, 4) is 0 Å². The molecule has 2 fully saturated rings. The molecule has 2 saturated heterocycles. The minimum Gasteiger partial charge on any atom is -0.380 e. The summed E-state index contributed by atoms with van der Waals surface area (Å²) in [5.41, 5.74) is 2.48. The number of carbonyl (C=O) groups is 2. The van der Waals surface area contributed by atoms with E-state index in [0.29, 0.717) is 26.0 Å². The van der Waals surface area contributed by atoms with Crippen LogP contribution < -0.4 is 5.48 Å². The van der Waals surface area contributed by atoms with Crippen molar-refractivity contribution in [1.82, 2.24) is 10.4 Å². The molecule has 1 aromatic carbocycles. The highest BCUT2D eigenvalue weighted by molar-refractivity contribution is 5.91. The van der Waals surface area contributed by atoms with E-state index in [2.05, 4.69) is 0 Å². The third-order valence-corrected chi connectivity index (χ3v) is 5.51. The maximum absolute atomic E-state index is 13.0. The summed E-state index contributed by atoms with van der Waals surface area (Å²) in [6, 6.07) is 8.04. The summed E-state index contributed by atoms with van der Waals surface area (Å²) in [5, 5.41) is 9.05. The van der Waals surface area contributed by atoms with Crippen LogP contribution in [0.25, 0.3) is 0 Å². The Morgan fingerprint density at radius 2 is 2.04 bits per heavy atom. The Balaban J connectivity index is 1.81. The molecule has 0 aromatic heterocycles. The highest BCUT2D eigenvalue weighted by Crippen LogP contribution is 2.38. The number of hydrogen-bond donors (Lipinski definition) is 2. The number of nitrogens with zero attached hydrogens (tertiary/aromatic N) is 1. The third kappa shape index (κ3) is 2.70. The van der Waals surface area contributed by atoms with Crippen molar-refractivity contribution in [2.45, 2.75) is 32.1 Å². The van der Waals surface area contributed by atoms with E-state index in [1.54, 1.807) is 10.4 Å². The molecule has 2 amide bonds. The second-order valence-electron chi connectivity index (χ2n) is 7.20. The first-order chi connectivity index (χ1) is 11.4. The fraction of sp³-hybridized carbons (Fsp3) is 0.556. The highest BCUT2D eigenvalue weighted by atomic mass is 16.5. The van der Waals surface area contributed by atoms with Gasteiger partial charge in [-0.1, -0.05) is 29.8 Å². The molecule has 2 unspecified atom stereocenters. The predicted octanol–water partition coefficient (Wildman–Crippen LogP) is 1.40. The van der Waals surface area contributed by atoms with Gasteiger partial charge in [0.1, 0.15) is 0 Å². The minimum atomic E-state index is -0.858. The van der Waals surface area contributed by atoms with Crippen molar-refractivity contribution in [3.63, 3.8) is 0 Å². The van der Waals surface area contributed by atoms with Gasteiger partial charge in [-0.25, -0.2) is 5.48 Å². The average Bonchev–Trinajstić information content (AvgIpc) is 3.17. The Bertz CT molecular complexity index is 637. The van der Waals surface area contributed by atoms with Gasteiger partial charge in [0.15, 0.2) is 0 Å². The van der Waals surface area contributed by atoms with Gasteiger partial charge in [0.25, 0.3) is 5.91 Å². The third-order valence-electron chi connectivity index (χ3n) is 5.51. The van der Waals surface area contributed by atoms with Gasteiger partial charge in [-0.15, -0.1) is 0 Å². The molecule has 2 heterocycles. The lowest BCUT2D eigenvalue weighted by atomic mass is 9.80. The summed E-state index contributed by atoms with van der Waals surface area (Å²) < 4.78 is 5.37. The van der Waals surface area contributed by atoms with Crippen LogP contribution in [0.15, 0.2) is 24.3 Å². The van der Waals surface area contributed by atoms with E-state index in [-0.39, 0.29) is 19.1 Å². The van der Waals surface area contributed by atoms with Crippen LogP contribution in [0, 0.1) is 12.3 Å². The van der Waals surface area contributed by atoms with Gasteiger partial charge < -0.3 is 9.64 Å². The van der Waals surface area contributed by atoms with Crippen LogP contribution in [-0.4, -0.2) is 48.2 Å². The van der Waals surface area contributed by atoms with Gasteiger partial charge in [0.05, 0.1) is 17.4 Å². The number of amides is 2. The van der Waals surface area contributed by atoms with E-state index in [0.717, 1.165) is 11.1 Å². The van der Waals surface area contributed by atoms with E-state index >= 15 is 0 Å². The minimum absolute atomic E-state index is 0.0309. The fourth-order valence-electron chi connectivity index (χ4n) is 3.72. The van der Waals surface area contributed by atoms with Crippen molar-refractivity contribution in [3.05, 3.63) is 35.4 Å². The summed E-state index contributed by atoms with van der Waals surface area (Å²) >= 11 is 0. The lowest BCUT2D eigenvalue weighted by Crippen LogP contribution is -2.50. The molecule has 130 valence electrons. The standard InChI is InChI=1S/C18H24N2O4/c1-13-3-5-14(6-4-13)17(2)7-9-20(16(17)22)11-18(15(21)19-23)8-10-24-12-18/h3-6,23H,7-12H2,1-2H3,(H,19,21). The summed E-state index contributed by atoms with van der Waals surface area (Å²) in [5.74, 6) is -0.444. The number of ether oxygens (including phenoxy) is 1. The smallest absolute Gasteiger partial charge is 0.253 e. The van der Waals surface area contributed by atoms with Crippen molar-refractivity contribution < 1.29 is 19.5 Å². The lowest BCUT2D eigenvalue weighted by molar-refractivity contribution is -0.143. The second-order valence-corrected chi connectivity index (χ2v) is 7.20. The van der Waals surface area contributed by atoms with Crippen LogP contribution in [-0.2, 0) is 19.7 Å². The number of aryl methyl sites for hydroxylation is 1. The fourth-order valence-corrected chi connectivity index (χ4v) is 3.72. The molecule has 1 aromatic rings. The van der Waals surface area contributed by atoms with Crippen LogP contribution in [0.2, 0.25) is 0 Å². The van der Waals surface area contributed by atoms with E-state index in [9.17, 15) is 9.59 Å². The summed E-state index contributed by atoms with van der Waals surface area (Å²) in [6.07, 6.45) is 1.22. The Hall–Kier alpha value is -1.92. The first-order valence-electron chi connectivity index (χ1n) is 8.30. The first-order valence-corrected chi connectivity index (χ1v) is 8.30. The Labute approximate surface area is 141 Å². The maximum atomic E-state index is 13.0. The van der Waals surface area contributed by atoms with Gasteiger partial charge in [0, 0.05) is 19.7 Å². The Morgan fingerprint density at radius 1 is 1.33 bits per heavy atom. The zero-order valence-electron chi connectivity index (χ0n) is 14.2. The molecular formula is C18H24N2O4. The SMILES string of the molecule is Cc1ccc(C2(C)CCN(CC3(C(=O)NO)CCOC3)C2=O)cc1. The van der Waals surface area contributed by atoms with E-state index in [4.69, 9.17) is 9.94 Å². The van der Waals surface area contributed by atoms with Gasteiger partial charge >= 0.3 is 0 Å². The topological polar surface area (TPSA) is 78.9 Å². The van der Waals surface area contributed by atoms with Gasteiger partial charge in [-0.2, -0.15) is 0 Å². The monoisotopic (exact) mass is 332 g/mol. The number of nitrogens with one attached hydrogen (secondary N) is 1. The molecule has 6 nitrogen and oxygen atoms in total. The van der Waals surface area contributed by atoms with Crippen LogP contribution >= 0.6 is 0 Å². The largest absolute Gasteiger partial charge is 0.380 e. The molecule has 2 aliphatic heterocycles. The molecule has 2 aliphatic rings. The zero-order chi connectivity index (χ0) is 17.4. The summed E-state index contributed by atoms with van der Waals surface area (Å²) in [4.78, 5) is 26.9.